The van der Waals surface area contributed by atoms with Crippen molar-refractivity contribution in [2.45, 2.75) is 63.5 Å². The molecule has 1 amide bonds. The third-order valence-electron chi connectivity index (χ3n) is 9.34. The summed E-state index contributed by atoms with van der Waals surface area (Å²) in [4.78, 5) is 35.5. The van der Waals surface area contributed by atoms with E-state index in [2.05, 4.69) is 6.07 Å². The molecule has 0 bridgehead atoms. The molecule has 6 nitrogen and oxygen atoms in total. The van der Waals surface area contributed by atoms with Gasteiger partial charge in [0.05, 0.1) is 15.8 Å². The maximum Gasteiger partial charge on any atom is 0.408 e. The lowest BCUT2D eigenvalue weighted by Crippen LogP contribution is -2.57. The lowest BCUT2D eigenvalue weighted by Gasteiger charge is -2.43. The largest absolute Gasteiger partial charge is 0.465 e. The van der Waals surface area contributed by atoms with Crippen LogP contribution in [-0.2, 0) is 10.3 Å². The number of nitrogens with zero attached hydrogens (tertiary/aromatic N) is 3. The summed E-state index contributed by atoms with van der Waals surface area (Å²) in [5.74, 6) is -0.416. The van der Waals surface area contributed by atoms with Gasteiger partial charge >= 0.3 is 6.09 Å². The number of carbonyl (C=O) groups is 2. The highest BCUT2D eigenvalue weighted by atomic mass is 32.1. The molecule has 0 unspecified atom stereocenters. The van der Waals surface area contributed by atoms with E-state index in [0.717, 1.165) is 50.4 Å². The first-order valence-electron chi connectivity index (χ1n) is 16.2. The average molecular weight is 660 g/mol. The molecule has 1 aliphatic rings. The number of Topliss-reactive ketones (excluding diaryl/α,β-unsaturated/α-hetero) is 1. The van der Waals surface area contributed by atoms with Gasteiger partial charge in [-0.3, -0.25) is 9.69 Å². The van der Waals surface area contributed by atoms with Crippen molar-refractivity contribution in [2.75, 3.05) is 0 Å². The van der Waals surface area contributed by atoms with Crippen LogP contribution in [0.3, 0.4) is 0 Å². The highest BCUT2D eigenvalue weighted by Crippen LogP contribution is 2.50. The molecule has 1 saturated carbocycles. The van der Waals surface area contributed by atoms with Crippen LogP contribution in [0.5, 0.6) is 0 Å². The molecule has 0 radical (unpaired) electrons. The van der Waals surface area contributed by atoms with E-state index >= 15 is 4.79 Å². The van der Waals surface area contributed by atoms with Crippen molar-refractivity contribution in [3.05, 3.63) is 120 Å². The molecule has 1 N–H and O–H groups in total. The Morgan fingerprint density at radius 2 is 1.38 bits per heavy atom. The SMILES string of the molecule is CCCC[C@@H](C(=O)C(C#N)=P(c1ccccc1)(c1ccccc1)c1ccccc1)N(C(=O)O)C1(c2nc3ccccc3s2)CCCC1. The highest BCUT2D eigenvalue weighted by Gasteiger charge is 2.51. The van der Waals surface area contributed by atoms with Gasteiger partial charge in [0.15, 0.2) is 5.78 Å². The third kappa shape index (κ3) is 5.82. The van der Waals surface area contributed by atoms with Crippen LogP contribution in [0.15, 0.2) is 115 Å². The number of benzene rings is 4. The Bertz CT molecular complexity index is 1830. The van der Waals surface area contributed by atoms with Gasteiger partial charge in [-0.05, 0) is 54.2 Å². The van der Waals surface area contributed by atoms with E-state index in [-0.39, 0.29) is 5.29 Å². The summed E-state index contributed by atoms with van der Waals surface area (Å²) < 4.78 is 0.988. The van der Waals surface area contributed by atoms with Crippen molar-refractivity contribution >= 4 is 61.5 Å². The molecular weight excluding hydrogens is 621 g/mol. The zero-order valence-electron chi connectivity index (χ0n) is 26.5. The van der Waals surface area contributed by atoms with Gasteiger partial charge in [0, 0.05) is 0 Å². The molecule has 0 spiro atoms. The number of carboxylic acid groups (broad SMARTS) is 1. The Hall–Kier alpha value is -4.50. The fraction of sp³-hybridized carbons (Fsp3) is 0.256. The molecule has 8 heteroatoms. The first-order chi connectivity index (χ1) is 23.0. The van der Waals surface area contributed by atoms with Crippen molar-refractivity contribution < 1.29 is 14.7 Å². The number of aromatic nitrogens is 1. The zero-order valence-corrected chi connectivity index (χ0v) is 28.2. The average Bonchev–Trinajstić information content (AvgIpc) is 3.78. The van der Waals surface area contributed by atoms with Crippen molar-refractivity contribution in [3.8, 4) is 6.07 Å². The molecular formula is C39H38N3O3PS. The molecule has 1 aliphatic carbocycles. The molecule has 4 aromatic carbocycles. The lowest BCUT2D eigenvalue weighted by molar-refractivity contribution is -0.119. The summed E-state index contributed by atoms with van der Waals surface area (Å²) in [6.07, 6.45) is 3.40. The summed E-state index contributed by atoms with van der Waals surface area (Å²) in [7, 11) is 0. The van der Waals surface area contributed by atoms with Gasteiger partial charge in [-0.15, -0.1) is 11.3 Å². The smallest absolute Gasteiger partial charge is 0.408 e. The summed E-state index contributed by atoms with van der Waals surface area (Å²) >= 11 is 1.51. The van der Waals surface area contributed by atoms with Crippen molar-refractivity contribution in [3.63, 3.8) is 0 Å². The van der Waals surface area contributed by atoms with Crippen LogP contribution in [0.1, 0.15) is 56.9 Å². The quantitative estimate of drug-likeness (QED) is 0.146. The van der Waals surface area contributed by atoms with Crippen LogP contribution in [0.4, 0.5) is 4.79 Å². The normalized spacial score (nSPS) is 14.7. The standard InChI is InChI=1S/C39H38N3O3PS/c1-2-3-24-33(42(38(44)45)39(26-15-16-27-39)37-41-32-23-13-14-25-35(32)47-37)36(43)34(28-40)46(29-17-7-4-8-18-29,30-19-9-5-10-20-30)31-21-11-6-12-22-31/h4-14,17-23,25,33H,2-3,15-16,24,26-27H2,1H3,(H,44,45)/t33-/m0/s1. The number of unbranched alkanes of at least 4 members (excludes halogenated alkanes) is 1. The predicted octanol–water partition coefficient (Wildman–Crippen LogP) is 7.86. The Labute approximate surface area is 280 Å². The first kappa shape index (κ1) is 32.4. The monoisotopic (exact) mass is 659 g/mol. The van der Waals surface area contributed by atoms with Crippen LogP contribution >= 0.6 is 18.2 Å². The summed E-state index contributed by atoms with van der Waals surface area (Å²) in [6.45, 7) is -1.01. The van der Waals surface area contributed by atoms with E-state index in [9.17, 15) is 15.2 Å². The van der Waals surface area contributed by atoms with Crippen molar-refractivity contribution in [1.29, 1.82) is 5.26 Å². The fourth-order valence-electron chi connectivity index (χ4n) is 7.22. The van der Waals surface area contributed by atoms with E-state index in [1.54, 1.807) is 0 Å². The van der Waals surface area contributed by atoms with Crippen LogP contribution in [0.25, 0.3) is 10.2 Å². The summed E-state index contributed by atoms with van der Waals surface area (Å²) in [5, 5.41) is 25.8. The molecule has 1 fully saturated rings. The minimum atomic E-state index is -3.05. The number of amides is 1. The van der Waals surface area contributed by atoms with Crippen molar-refractivity contribution in [2.24, 2.45) is 0 Å². The topological polar surface area (TPSA) is 94.3 Å². The van der Waals surface area contributed by atoms with E-state index in [1.165, 1.54) is 16.2 Å². The fourth-order valence-corrected chi connectivity index (χ4v) is 12.6. The number of fused-ring (bicyclic) bond motifs is 1. The molecule has 0 aliphatic heterocycles. The zero-order chi connectivity index (χ0) is 32.9. The van der Waals surface area contributed by atoms with Gasteiger partial charge in [0.25, 0.3) is 0 Å². The number of hydrogen-bond acceptors (Lipinski definition) is 5. The maximum atomic E-state index is 15.4. The van der Waals surface area contributed by atoms with Crippen LogP contribution < -0.4 is 15.9 Å². The van der Waals surface area contributed by atoms with Gasteiger partial charge in [0.1, 0.15) is 22.4 Å². The van der Waals surface area contributed by atoms with E-state index in [0.29, 0.717) is 25.7 Å². The Balaban J connectivity index is 1.65. The summed E-state index contributed by atoms with van der Waals surface area (Å²) in [6, 6.07) is 38.6. The predicted molar refractivity (Wildman–Crippen MR) is 194 cm³/mol. The lowest BCUT2D eigenvalue weighted by atomic mass is 9.90. The molecule has 5 aromatic rings. The second-order valence-electron chi connectivity index (χ2n) is 12.0. The van der Waals surface area contributed by atoms with Gasteiger partial charge in [-0.25, -0.2) is 9.78 Å². The Morgan fingerprint density at radius 1 is 0.872 bits per heavy atom. The molecule has 47 heavy (non-hydrogen) atoms. The number of ketones is 1. The number of carbonyl (C=O) groups excluding carboxylic acids is 1. The van der Waals surface area contributed by atoms with Crippen LogP contribution in [0.2, 0.25) is 0 Å². The van der Waals surface area contributed by atoms with E-state index in [4.69, 9.17) is 4.98 Å². The van der Waals surface area contributed by atoms with Gasteiger partial charge < -0.3 is 5.11 Å². The second kappa shape index (κ2) is 14.1. The van der Waals surface area contributed by atoms with Crippen LogP contribution in [0, 0.1) is 11.3 Å². The van der Waals surface area contributed by atoms with Crippen LogP contribution in [-0.4, -0.2) is 38.2 Å². The molecule has 6 rings (SSSR count). The van der Waals surface area contributed by atoms with Gasteiger partial charge in [-0.1, -0.05) is 136 Å². The minimum Gasteiger partial charge on any atom is -0.465 e. The van der Waals surface area contributed by atoms with E-state index < -0.39 is 30.3 Å². The molecule has 1 aromatic heterocycles. The molecule has 238 valence electrons. The number of thiazole rings is 1. The first-order valence-corrected chi connectivity index (χ1v) is 18.8. The number of rotatable bonds is 11. The Kier molecular flexibility index (Phi) is 9.73. The number of para-hydroxylation sites is 1. The third-order valence-corrected chi connectivity index (χ3v) is 14.8. The van der Waals surface area contributed by atoms with Crippen molar-refractivity contribution in [1.82, 2.24) is 9.88 Å². The second-order valence-corrected chi connectivity index (χ2v) is 16.4. The van der Waals surface area contributed by atoms with Gasteiger partial charge in [-0.2, -0.15) is 5.26 Å². The Morgan fingerprint density at radius 3 is 1.85 bits per heavy atom. The van der Waals surface area contributed by atoms with Gasteiger partial charge in [0.2, 0.25) is 0 Å². The minimum absolute atomic E-state index is 0.117. The molecule has 0 saturated heterocycles. The highest BCUT2D eigenvalue weighted by molar-refractivity contribution is 7.97. The molecule has 1 heterocycles. The summed E-state index contributed by atoms with van der Waals surface area (Å²) in [5.41, 5.74) is -0.135. The number of hydrogen-bond donors (Lipinski definition) is 1. The number of nitriles is 1. The molecule has 1 atom stereocenters. The maximum absolute atomic E-state index is 15.4. The van der Waals surface area contributed by atoms with E-state index in [1.807, 2.05) is 122 Å².